The van der Waals surface area contributed by atoms with E-state index in [-0.39, 0.29) is 0 Å². The molecule has 0 aliphatic heterocycles. The highest BCUT2D eigenvalue weighted by Gasteiger charge is 2.26. The molecule has 4 heteroatoms. The van der Waals surface area contributed by atoms with Gasteiger partial charge in [0.25, 0.3) is 0 Å². The number of ether oxygens (including phenoxy) is 1. The SMILES string of the molecule is CCn1cncc1COC1CC(N)C1. The summed E-state index contributed by atoms with van der Waals surface area (Å²) in [7, 11) is 0. The molecule has 14 heavy (non-hydrogen) atoms. The van der Waals surface area contributed by atoms with E-state index in [1.54, 1.807) is 0 Å². The first kappa shape index (κ1) is 9.68. The van der Waals surface area contributed by atoms with Crippen LogP contribution in [0.4, 0.5) is 0 Å². The minimum atomic E-state index is 0.357. The van der Waals surface area contributed by atoms with E-state index in [0.717, 1.165) is 25.1 Å². The van der Waals surface area contributed by atoms with E-state index >= 15 is 0 Å². The van der Waals surface area contributed by atoms with Gasteiger partial charge in [0.05, 0.1) is 30.9 Å². The second-order valence-corrected chi connectivity index (χ2v) is 3.84. The third-order valence-corrected chi connectivity index (χ3v) is 2.74. The topological polar surface area (TPSA) is 53.1 Å². The summed E-state index contributed by atoms with van der Waals surface area (Å²) >= 11 is 0. The highest BCUT2D eigenvalue weighted by atomic mass is 16.5. The van der Waals surface area contributed by atoms with Crippen molar-refractivity contribution in [2.45, 2.75) is 45.1 Å². The summed E-state index contributed by atoms with van der Waals surface area (Å²) < 4.78 is 7.79. The molecule has 1 fully saturated rings. The van der Waals surface area contributed by atoms with Crippen molar-refractivity contribution in [1.82, 2.24) is 9.55 Å². The Bertz CT molecular complexity index is 291. The molecule has 1 aromatic heterocycles. The fourth-order valence-corrected chi connectivity index (χ4v) is 1.70. The van der Waals surface area contributed by atoms with Gasteiger partial charge in [0.2, 0.25) is 0 Å². The molecule has 0 amide bonds. The van der Waals surface area contributed by atoms with Crippen molar-refractivity contribution in [3.63, 3.8) is 0 Å². The first-order chi connectivity index (χ1) is 6.79. The Hall–Kier alpha value is -0.870. The Labute approximate surface area is 84.1 Å². The quantitative estimate of drug-likeness (QED) is 0.777. The lowest BCUT2D eigenvalue weighted by Gasteiger charge is -2.32. The molecule has 0 spiro atoms. The highest BCUT2D eigenvalue weighted by molar-refractivity contribution is 4.96. The van der Waals surface area contributed by atoms with Gasteiger partial charge in [-0.1, -0.05) is 0 Å². The third kappa shape index (κ3) is 1.96. The molecule has 0 unspecified atom stereocenters. The molecule has 0 aromatic carbocycles. The maximum absolute atomic E-state index is 5.69. The number of rotatable bonds is 4. The number of hydrogen-bond acceptors (Lipinski definition) is 3. The van der Waals surface area contributed by atoms with Crippen LogP contribution in [0.5, 0.6) is 0 Å². The molecular weight excluding hydrogens is 178 g/mol. The number of aromatic nitrogens is 2. The van der Waals surface area contributed by atoms with E-state index in [1.807, 2.05) is 12.5 Å². The van der Waals surface area contributed by atoms with Crippen molar-refractivity contribution in [3.05, 3.63) is 18.2 Å². The summed E-state index contributed by atoms with van der Waals surface area (Å²) in [5.41, 5.74) is 6.82. The summed E-state index contributed by atoms with van der Waals surface area (Å²) in [6.07, 6.45) is 6.07. The zero-order valence-electron chi connectivity index (χ0n) is 8.52. The van der Waals surface area contributed by atoms with Gasteiger partial charge in [-0.05, 0) is 19.8 Å². The molecule has 0 bridgehead atoms. The summed E-state index contributed by atoms with van der Waals surface area (Å²) in [6.45, 7) is 3.71. The number of imidazole rings is 1. The van der Waals surface area contributed by atoms with Gasteiger partial charge in [0, 0.05) is 12.6 Å². The lowest BCUT2D eigenvalue weighted by molar-refractivity contribution is -0.0211. The maximum atomic E-state index is 5.69. The molecular formula is C10H17N3O. The highest BCUT2D eigenvalue weighted by Crippen LogP contribution is 2.22. The molecule has 0 atom stereocenters. The zero-order chi connectivity index (χ0) is 9.97. The summed E-state index contributed by atoms with van der Waals surface area (Å²) in [5, 5.41) is 0. The largest absolute Gasteiger partial charge is 0.372 e. The van der Waals surface area contributed by atoms with Crippen LogP contribution in [0.2, 0.25) is 0 Å². The van der Waals surface area contributed by atoms with Crippen molar-refractivity contribution in [2.24, 2.45) is 5.73 Å². The first-order valence-electron chi connectivity index (χ1n) is 5.15. The van der Waals surface area contributed by atoms with E-state index in [9.17, 15) is 0 Å². The molecule has 2 rings (SSSR count). The van der Waals surface area contributed by atoms with Crippen molar-refractivity contribution in [2.75, 3.05) is 0 Å². The minimum Gasteiger partial charge on any atom is -0.372 e. The first-order valence-corrected chi connectivity index (χ1v) is 5.15. The standard InChI is InChI=1S/C10H17N3O/c1-2-13-7-12-5-9(13)6-14-10-3-8(11)4-10/h5,7-8,10H,2-4,6,11H2,1H3. The Morgan fingerprint density at radius 2 is 2.43 bits per heavy atom. The average molecular weight is 195 g/mol. The molecule has 1 aliphatic carbocycles. The Morgan fingerprint density at radius 3 is 3.07 bits per heavy atom. The van der Waals surface area contributed by atoms with Gasteiger partial charge < -0.3 is 15.0 Å². The Kier molecular flexibility index (Phi) is 2.84. The second kappa shape index (κ2) is 4.11. The van der Waals surface area contributed by atoms with Crippen LogP contribution in [0, 0.1) is 0 Å². The van der Waals surface area contributed by atoms with Crippen LogP contribution < -0.4 is 5.73 Å². The van der Waals surface area contributed by atoms with E-state index in [0.29, 0.717) is 18.8 Å². The summed E-state index contributed by atoms with van der Waals surface area (Å²) in [5.74, 6) is 0. The Morgan fingerprint density at radius 1 is 1.64 bits per heavy atom. The molecule has 2 N–H and O–H groups in total. The third-order valence-electron chi connectivity index (χ3n) is 2.74. The van der Waals surface area contributed by atoms with Gasteiger partial charge in [-0.3, -0.25) is 0 Å². The van der Waals surface area contributed by atoms with Gasteiger partial charge in [-0.2, -0.15) is 0 Å². The predicted molar refractivity (Wildman–Crippen MR) is 53.7 cm³/mol. The lowest BCUT2D eigenvalue weighted by Crippen LogP contribution is -2.41. The minimum absolute atomic E-state index is 0.357. The monoisotopic (exact) mass is 195 g/mol. The van der Waals surface area contributed by atoms with Crippen molar-refractivity contribution in [1.29, 1.82) is 0 Å². The van der Waals surface area contributed by atoms with Gasteiger partial charge in [-0.15, -0.1) is 0 Å². The molecule has 4 nitrogen and oxygen atoms in total. The van der Waals surface area contributed by atoms with Crippen LogP contribution in [-0.2, 0) is 17.9 Å². The fourth-order valence-electron chi connectivity index (χ4n) is 1.70. The van der Waals surface area contributed by atoms with Crippen LogP contribution >= 0.6 is 0 Å². The number of nitrogens with two attached hydrogens (primary N) is 1. The van der Waals surface area contributed by atoms with E-state index in [1.165, 1.54) is 0 Å². The predicted octanol–water partition coefficient (Wildman–Crippen LogP) is 0.909. The lowest BCUT2D eigenvalue weighted by atomic mass is 9.90. The second-order valence-electron chi connectivity index (χ2n) is 3.84. The Balaban J connectivity index is 1.80. The number of hydrogen-bond donors (Lipinski definition) is 1. The number of nitrogens with zero attached hydrogens (tertiary/aromatic N) is 2. The van der Waals surface area contributed by atoms with Crippen molar-refractivity contribution >= 4 is 0 Å². The number of aryl methyl sites for hydroxylation is 1. The maximum Gasteiger partial charge on any atom is 0.0948 e. The van der Waals surface area contributed by atoms with Crippen molar-refractivity contribution in [3.8, 4) is 0 Å². The molecule has 78 valence electrons. The summed E-state index contributed by atoms with van der Waals surface area (Å²) in [6, 6.07) is 0.357. The van der Waals surface area contributed by atoms with E-state index in [4.69, 9.17) is 10.5 Å². The van der Waals surface area contributed by atoms with Crippen LogP contribution in [0.3, 0.4) is 0 Å². The normalized spacial score (nSPS) is 26.1. The van der Waals surface area contributed by atoms with Gasteiger partial charge in [-0.25, -0.2) is 4.98 Å². The fraction of sp³-hybridized carbons (Fsp3) is 0.700. The van der Waals surface area contributed by atoms with Crippen LogP contribution in [-0.4, -0.2) is 21.7 Å². The van der Waals surface area contributed by atoms with Gasteiger partial charge in [0.1, 0.15) is 0 Å². The molecule has 1 aromatic rings. The van der Waals surface area contributed by atoms with E-state index < -0.39 is 0 Å². The van der Waals surface area contributed by atoms with Crippen LogP contribution in [0.25, 0.3) is 0 Å². The van der Waals surface area contributed by atoms with Crippen LogP contribution in [0.1, 0.15) is 25.5 Å². The smallest absolute Gasteiger partial charge is 0.0948 e. The van der Waals surface area contributed by atoms with Gasteiger partial charge >= 0.3 is 0 Å². The van der Waals surface area contributed by atoms with Crippen molar-refractivity contribution < 1.29 is 4.74 Å². The molecule has 1 saturated carbocycles. The van der Waals surface area contributed by atoms with E-state index in [2.05, 4.69) is 16.5 Å². The van der Waals surface area contributed by atoms with Gasteiger partial charge in [0.15, 0.2) is 0 Å². The molecule has 0 saturated heterocycles. The average Bonchev–Trinajstić information content (AvgIpc) is 2.57. The molecule has 1 aliphatic rings. The zero-order valence-corrected chi connectivity index (χ0v) is 8.52. The molecule has 1 heterocycles. The van der Waals surface area contributed by atoms with Crippen LogP contribution in [0.15, 0.2) is 12.5 Å². The summed E-state index contributed by atoms with van der Waals surface area (Å²) in [4.78, 5) is 4.09. The molecule has 0 radical (unpaired) electrons.